The second-order valence-corrected chi connectivity index (χ2v) is 38.9. The average Bonchev–Trinajstić information content (AvgIpc) is 2.04. The van der Waals surface area contributed by atoms with E-state index in [4.69, 9.17) is 73.3 Å². The minimum Gasteiger partial charge on any atom is -0.496 e. The fourth-order valence-electron chi connectivity index (χ4n) is 10.0. The number of nitrogens with one attached hydrogen (secondary N) is 2. The van der Waals surface area contributed by atoms with Crippen LogP contribution < -0.4 is 15.2 Å². The van der Waals surface area contributed by atoms with Gasteiger partial charge in [0.1, 0.15) is 51.1 Å². The van der Waals surface area contributed by atoms with Gasteiger partial charge in [-0.25, -0.2) is 19.9 Å². The highest BCUT2D eigenvalue weighted by atomic mass is 35.5. The first kappa shape index (κ1) is 64.6. The summed E-state index contributed by atoms with van der Waals surface area (Å²) in [4.78, 5) is 25.1. The molecule has 2 saturated carbocycles. The molecule has 4 N–H and O–H groups in total. The monoisotopic (exact) mass is 1380 g/mol. The molecule has 0 bridgehead atoms. The molecule has 2 fully saturated rings. The lowest BCUT2D eigenvalue weighted by molar-refractivity contribution is 0.393. The van der Waals surface area contributed by atoms with Gasteiger partial charge in [0.25, 0.3) is 0 Å². The first-order valence-electron chi connectivity index (χ1n) is 25.3. The molecule has 0 radical (unpaired) electrons. The molecule has 442 valence electrons. The Labute approximate surface area is 526 Å². The lowest BCUT2D eigenvalue weighted by Crippen LogP contribution is -2.12. The van der Waals surface area contributed by atoms with Crippen molar-refractivity contribution in [2.45, 2.75) is 106 Å². The van der Waals surface area contributed by atoms with Gasteiger partial charge in [0.15, 0.2) is 0 Å². The largest absolute Gasteiger partial charge is 0.496 e. The Hall–Kier alpha value is -4.41. The molecule has 10 aromatic rings. The van der Waals surface area contributed by atoms with Crippen molar-refractivity contribution < 1.29 is 18.5 Å². The van der Waals surface area contributed by atoms with Gasteiger partial charge in [0.05, 0.1) is 64.9 Å². The van der Waals surface area contributed by atoms with E-state index in [1.165, 1.54) is 67.5 Å². The SMILES string of the molecule is C.COc1cc2c(cc1-c1c(C)noc1C)[nH]c1nc(C)nc(Cc3cn(C)nc3C3CCC3)c12.COc1cc2c(cc1-c1c(C)noc1C)[nH]c1nc(C)nc(Cl)c12.Cn1cc(N)c(C2CCC2)n1.S=S=S=S=S=S=S=S=S=S=S=S=S. The van der Waals surface area contributed by atoms with Gasteiger partial charge in [-0.2, -0.15) is 10.2 Å². The Kier molecular flexibility index (Phi) is 23.2. The molecule has 0 atom stereocenters. The predicted molar refractivity (Wildman–Crippen MR) is 370 cm³/mol. The molecule has 2 aromatic carbocycles. The van der Waals surface area contributed by atoms with E-state index in [1.54, 1.807) is 98.8 Å². The predicted octanol–water partition coefficient (Wildman–Crippen LogP) is 11.5. The molecule has 83 heavy (non-hydrogen) atoms. The van der Waals surface area contributed by atoms with Crippen LogP contribution >= 0.6 is 11.6 Å². The lowest BCUT2D eigenvalue weighted by Gasteiger charge is -2.24. The van der Waals surface area contributed by atoms with Crippen LogP contribution in [0, 0.1) is 41.5 Å². The van der Waals surface area contributed by atoms with Crippen LogP contribution in [0.5, 0.6) is 11.5 Å². The molecule has 8 heterocycles. The highest BCUT2D eigenvalue weighted by molar-refractivity contribution is 8.75. The fourth-order valence-corrected chi connectivity index (χ4v) is 35.0. The van der Waals surface area contributed by atoms with Crippen LogP contribution in [0.25, 0.3) is 66.1 Å². The summed E-state index contributed by atoms with van der Waals surface area (Å²) in [6, 6.07) is 8.13. The number of ether oxygens (including phenoxy) is 2. The first-order valence-corrected chi connectivity index (χ1v) is 41.7. The van der Waals surface area contributed by atoms with Gasteiger partial charge in [0, 0.05) is 203 Å². The van der Waals surface area contributed by atoms with Crippen LogP contribution in [0.4, 0.5) is 5.69 Å². The fraction of sp³-hybridized carbons (Fsp3) is 0.385. The number of nitrogen functional groups attached to an aromatic ring is 1. The summed E-state index contributed by atoms with van der Waals surface area (Å²) in [7, 11) is 25.3. The van der Waals surface area contributed by atoms with E-state index >= 15 is 0 Å². The molecule has 0 spiro atoms. The van der Waals surface area contributed by atoms with Gasteiger partial charge < -0.3 is 34.2 Å². The van der Waals surface area contributed by atoms with Crippen molar-refractivity contribution in [1.82, 2.24) is 59.8 Å². The quantitative estimate of drug-likeness (QED) is 0.121. The summed E-state index contributed by atoms with van der Waals surface area (Å²) in [5.74, 6) is 5.59. The molecule has 2 aliphatic carbocycles. The smallest absolute Gasteiger partial charge is 0.143 e. The highest BCUT2D eigenvalue weighted by Crippen LogP contribution is 2.43. The number of benzene rings is 2. The van der Waals surface area contributed by atoms with Crippen LogP contribution in [0.3, 0.4) is 0 Å². The van der Waals surface area contributed by atoms with Crippen molar-refractivity contribution in [2.75, 3.05) is 20.0 Å². The number of rotatable bonds is 8. The van der Waals surface area contributed by atoms with Crippen molar-refractivity contribution in [3.63, 3.8) is 0 Å². The molecule has 0 saturated heterocycles. The van der Waals surface area contributed by atoms with E-state index in [0.29, 0.717) is 28.5 Å². The van der Waals surface area contributed by atoms with E-state index < -0.39 is 0 Å². The zero-order valence-corrected chi connectivity index (χ0v) is 57.3. The molecule has 8 aromatic heterocycles. The van der Waals surface area contributed by atoms with Crippen LogP contribution in [0.1, 0.15) is 115 Å². The second-order valence-electron chi connectivity index (χ2n) is 19.1. The Morgan fingerprint density at radius 2 is 1.07 bits per heavy atom. The van der Waals surface area contributed by atoms with Gasteiger partial charge >= 0.3 is 0 Å². The number of methoxy groups -OCH3 is 2. The third-order valence-corrected chi connectivity index (χ3v) is 36.3. The topological polar surface area (TPSA) is 215 Å². The Morgan fingerprint density at radius 1 is 0.627 bits per heavy atom. The highest BCUT2D eigenvalue weighted by Gasteiger charge is 2.28. The third kappa shape index (κ3) is 15.1. The number of aryl methyl sites for hydroxylation is 8. The maximum absolute atomic E-state index is 6.33. The normalized spacial score (nSPS) is 12.7. The van der Waals surface area contributed by atoms with Crippen LogP contribution in [0.15, 0.2) is 45.7 Å². The number of aromatic nitrogens is 12. The Bertz CT molecular complexity index is 4500. The summed E-state index contributed by atoms with van der Waals surface area (Å²) >= 11 is 15.7. The summed E-state index contributed by atoms with van der Waals surface area (Å²) in [5, 5.41) is 21.5. The van der Waals surface area contributed by atoms with Crippen LogP contribution in [-0.2, 0) is 141 Å². The van der Waals surface area contributed by atoms with E-state index in [2.05, 4.69) is 53.7 Å². The standard InChI is InChI=1S/C26H28N6O2.C17H15ClN4O2.C8H13N3.CH4.S13/c1-13-23(14(2)34-31-13)19-10-20-18(11-22(19)33-5)24-21(27-15(3)28-26(24)29-20)9-17-12-32(4)30-25(17)16-7-6-8-16;1-7-14(8(2)24-22-7)11-5-12-10(6-13(11)23-4)15-16(18)19-9(3)20-17(15)21-12;1-11-5-7(9)8(10-11)6-3-2-4-6;;1-3-5-7-9-11-13-12-10-8-6-4-2/h10-12,16H,6-9H2,1-5H3,(H,27,28,29);5-6H,1-4H3,(H,19,20,21);5-6H,2-4,9H2,1H3;1H4;. The molecule has 12 rings (SSSR count). The number of hydrogen-bond donors (Lipinski definition) is 3. The second kappa shape index (κ2) is 29.8. The number of aromatic amines is 2. The lowest BCUT2D eigenvalue weighted by atomic mass is 9.81. The van der Waals surface area contributed by atoms with Crippen molar-refractivity contribution in [1.29, 1.82) is 0 Å². The zero-order valence-electron chi connectivity index (χ0n) is 45.9. The number of nitrogens with two attached hydrogens (primary N) is 1. The van der Waals surface area contributed by atoms with Gasteiger partial charge in [-0.3, -0.25) is 9.36 Å². The Balaban J connectivity index is 0.000000159. The van der Waals surface area contributed by atoms with Crippen molar-refractivity contribution >= 4 is 181 Å². The number of fused-ring (bicyclic) bond motifs is 6. The van der Waals surface area contributed by atoms with E-state index in [1.807, 2.05) is 78.6 Å². The maximum atomic E-state index is 6.33. The minimum absolute atomic E-state index is 0. The summed E-state index contributed by atoms with van der Waals surface area (Å²) < 4.78 is 25.9. The molecular formula is C52H60ClN13O4S13. The Morgan fingerprint density at radius 3 is 1.51 bits per heavy atom. The number of hydrogen-bond acceptors (Lipinski definition) is 15. The zero-order chi connectivity index (χ0) is 58.2. The maximum Gasteiger partial charge on any atom is 0.143 e. The third-order valence-electron chi connectivity index (χ3n) is 13.8. The van der Waals surface area contributed by atoms with Crippen LogP contribution in [0.2, 0.25) is 5.15 Å². The summed E-state index contributed by atoms with van der Waals surface area (Å²) in [6.07, 6.45) is 12.3. The molecule has 0 unspecified atom stereocenters. The summed E-state index contributed by atoms with van der Waals surface area (Å²) in [5.41, 5.74) is 20.0. The number of nitrogens with zero attached hydrogens (tertiary/aromatic N) is 10. The average molecular weight is 1380 g/mol. The van der Waals surface area contributed by atoms with Crippen molar-refractivity contribution in [3.8, 4) is 33.8 Å². The van der Waals surface area contributed by atoms with Gasteiger partial charge in [-0.05, 0) is 97.1 Å². The van der Waals surface area contributed by atoms with E-state index in [-0.39, 0.29) is 7.43 Å². The summed E-state index contributed by atoms with van der Waals surface area (Å²) in [6.45, 7) is 11.4. The number of halogens is 1. The molecule has 17 nitrogen and oxygen atoms in total. The van der Waals surface area contributed by atoms with Gasteiger partial charge in [-0.15, -0.1) is 0 Å². The molecule has 31 heteroatoms. The van der Waals surface area contributed by atoms with Gasteiger partial charge in [0.2, 0.25) is 0 Å². The molecule has 0 amide bonds. The van der Waals surface area contributed by atoms with Crippen LogP contribution in [-0.4, -0.2) is 74.0 Å². The van der Waals surface area contributed by atoms with E-state index in [9.17, 15) is 0 Å². The minimum atomic E-state index is 0. The van der Waals surface area contributed by atoms with Crippen molar-refractivity contribution in [2.24, 2.45) is 14.1 Å². The van der Waals surface area contributed by atoms with Crippen molar-refractivity contribution in [3.05, 3.63) is 99.0 Å². The number of anilines is 1. The molecule has 0 aliphatic heterocycles. The van der Waals surface area contributed by atoms with Gasteiger partial charge in [-0.1, -0.05) is 42.2 Å². The number of H-pyrrole nitrogens is 2. The molecular weight excluding hydrogens is 1320 g/mol. The molecule has 2 aliphatic rings. The van der Waals surface area contributed by atoms with E-state index in [0.717, 1.165) is 124 Å². The first-order chi connectivity index (χ1) is 39.6.